The Kier molecular flexibility index (Phi) is 4.10. The number of anilines is 2. The van der Waals surface area contributed by atoms with Crippen LogP contribution in [0.1, 0.15) is 32.1 Å². The minimum absolute atomic E-state index is 0.0494. The Morgan fingerprint density at radius 1 is 1.33 bits per heavy atom. The SMILES string of the molecule is CN(C)c1ccc(NC(=O)C2CC3CCCCC3N2)cn1. The summed E-state index contributed by atoms with van der Waals surface area (Å²) in [4.78, 5) is 18.6. The van der Waals surface area contributed by atoms with Gasteiger partial charge < -0.3 is 15.5 Å². The lowest BCUT2D eigenvalue weighted by Crippen LogP contribution is -2.39. The van der Waals surface area contributed by atoms with Gasteiger partial charge in [-0.05, 0) is 37.3 Å². The molecule has 2 N–H and O–H groups in total. The van der Waals surface area contributed by atoms with Crippen molar-refractivity contribution in [2.45, 2.75) is 44.2 Å². The van der Waals surface area contributed by atoms with Crippen LogP contribution < -0.4 is 15.5 Å². The number of aromatic nitrogens is 1. The largest absolute Gasteiger partial charge is 0.363 e. The van der Waals surface area contributed by atoms with Crippen molar-refractivity contribution in [2.75, 3.05) is 24.3 Å². The van der Waals surface area contributed by atoms with Crippen LogP contribution in [0.3, 0.4) is 0 Å². The van der Waals surface area contributed by atoms with Gasteiger partial charge in [-0.2, -0.15) is 0 Å². The summed E-state index contributed by atoms with van der Waals surface area (Å²) in [6.45, 7) is 0. The van der Waals surface area contributed by atoms with Crippen molar-refractivity contribution in [3.8, 4) is 0 Å². The highest BCUT2D eigenvalue weighted by molar-refractivity contribution is 5.95. The van der Waals surface area contributed by atoms with Gasteiger partial charge in [0.1, 0.15) is 5.82 Å². The molecule has 1 amide bonds. The molecule has 0 radical (unpaired) electrons. The van der Waals surface area contributed by atoms with E-state index in [9.17, 15) is 4.79 Å². The third-order valence-corrected chi connectivity index (χ3v) is 4.65. The van der Waals surface area contributed by atoms with E-state index >= 15 is 0 Å². The van der Waals surface area contributed by atoms with Crippen molar-refractivity contribution in [3.63, 3.8) is 0 Å². The molecule has 2 heterocycles. The Balaban J connectivity index is 1.59. The second-order valence-corrected chi connectivity index (χ2v) is 6.39. The molecule has 2 fully saturated rings. The fourth-order valence-corrected chi connectivity index (χ4v) is 3.48. The van der Waals surface area contributed by atoms with E-state index in [0.29, 0.717) is 12.0 Å². The van der Waals surface area contributed by atoms with Crippen LogP contribution in [0.4, 0.5) is 11.5 Å². The maximum atomic E-state index is 12.4. The van der Waals surface area contributed by atoms with Gasteiger partial charge in [-0.15, -0.1) is 0 Å². The molecule has 1 aromatic rings. The van der Waals surface area contributed by atoms with E-state index < -0.39 is 0 Å². The molecule has 0 spiro atoms. The average molecular weight is 288 g/mol. The van der Waals surface area contributed by atoms with Crippen LogP contribution in [0.15, 0.2) is 18.3 Å². The van der Waals surface area contributed by atoms with Crippen molar-refractivity contribution in [1.82, 2.24) is 10.3 Å². The first kappa shape index (κ1) is 14.3. The van der Waals surface area contributed by atoms with E-state index in [2.05, 4.69) is 15.6 Å². The number of amides is 1. The minimum atomic E-state index is -0.0494. The van der Waals surface area contributed by atoms with Crippen LogP contribution in [0.2, 0.25) is 0 Å². The second-order valence-electron chi connectivity index (χ2n) is 6.39. The average Bonchev–Trinajstić information content (AvgIpc) is 2.92. The molecule has 0 aromatic carbocycles. The molecule has 1 aliphatic carbocycles. The number of fused-ring (bicyclic) bond motifs is 1. The van der Waals surface area contributed by atoms with Crippen LogP contribution in [-0.4, -0.2) is 37.1 Å². The molecule has 3 unspecified atom stereocenters. The first-order valence-corrected chi connectivity index (χ1v) is 7.84. The number of hydrogen-bond donors (Lipinski definition) is 2. The molecule has 1 aliphatic heterocycles. The summed E-state index contributed by atoms with van der Waals surface area (Å²) in [6.07, 6.45) is 7.77. The first-order chi connectivity index (χ1) is 10.1. The molecule has 21 heavy (non-hydrogen) atoms. The number of nitrogens with one attached hydrogen (secondary N) is 2. The molecule has 5 nitrogen and oxygen atoms in total. The molecule has 0 bridgehead atoms. The van der Waals surface area contributed by atoms with Crippen LogP contribution in [0, 0.1) is 5.92 Å². The summed E-state index contributed by atoms with van der Waals surface area (Å²) in [7, 11) is 3.90. The number of hydrogen-bond acceptors (Lipinski definition) is 4. The second kappa shape index (κ2) is 6.02. The molecule has 1 saturated carbocycles. The molecular weight excluding hydrogens is 264 g/mol. The molecule has 1 saturated heterocycles. The van der Waals surface area contributed by atoms with Crippen molar-refractivity contribution in [1.29, 1.82) is 0 Å². The smallest absolute Gasteiger partial charge is 0.241 e. The fraction of sp³-hybridized carbons (Fsp3) is 0.625. The van der Waals surface area contributed by atoms with Crippen LogP contribution in [0.5, 0.6) is 0 Å². The van der Waals surface area contributed by atoms with E-state index in [4.69, 9.17) is 0 Å². The van der Waals surface area contributed by atoms with Gasteiger partial charge in [0.2, 0.25) is 5.91 Å². The highest BCUT2D eigenvalue weighted by atomic mass is 16.2. The summed E-state index contributed by atoms with van der Waals surface area (Å²) >= 11 is 0. The summed E-state index contributed by atoms with van der Waals surface area (Å²) in [5, 5.41) is 6.48. The predicted octanol–water partition coefficient (Wildman–Crippen LogP) is 2.01. The summed E-state index contributed by atoms with van der Waals surface area (Å²) < 4.78 is 0. The Morgan fingerprint density at radius 3 is 2.81 bits per heavy atom. The number of rotatable bonds is 3. The minimum Gasteiger partial charge on any atom is -0.363 e. The number of pyridine rings is 1. The fourth-order valence-electron chi connectivity index (χ4n) is 3.48. The van der Waals surface area contributed by atoms with Crippen molar-refractivity contribution in [3.05, 3.63) is 18.3 Å². The molecular formula is C16H24N4O. The zero-order valence-corrected chi connectivity index (χ0v) is 12.8. The predicted molar refractivity (Wildman–Crippen MR) is 84.5 cm³/mol. The molecule has 2 aliphatic rings. The third-order valence-electron chi connectivity index (χ3n) is 4.65. The zero-order chi connectivity index (χ0) is 14.8. The van der Waals surface area contributed by atoms with Gasteiger partial charge >= 0.3 is 0 Å². The lowest BCUT2D eigenvalue weighted by molar-refractivity contribution is -0.117. The summed E-state index contributed by atoms with van der Waals surface area (Å²) in [5.74, 6) is 1.64. The van der Waals surface area contributed by atoms with E-state index in [-0.39, 0.29) is 11.9 Å². The van der Waals surface area contributed by atoms with Crippen molar-refractivity contribution in [2.24, 2.45) is 5.92 Å². The van der Waals surface area contributed by atoms with Gasteiger partial charge in [-0.3, -0.25) is 4.79 Å². The maximum absolute atomic E-state index is 12.4. The zero-order valence-electron chi connectivity index (χ0n) is 12.8. The van der Waals surface area contributed by atoms with Gasteiger partial charge in [0.25, 0.3) is 0 Å². The Labute approximate surface area is 126 Å². The topological polar surface area (TPSA) is 57.3 Å². The van der Waals surface area contributed by atoms with E-state index in [0.717, 1.165) is 17.9 Å². The van der Waals surface area contributed by atoms with Gasteiger partial charge in [-0.25, -0.2) is 4.98 Å². The van der Waals surface area contributed by atoms with Crippen LogP contribution in [-0.2, 0) is 4.79 Å². The lowest BCUT2D eigenvalue weighted by atomic mass is 9.85. The van der Waals surface area contributed by atoms with Crippen LogP contribution >= 0.6 is 0 Å². The Hall–Kier alpha value is -1.62. The van der Waals surface area contributed by atoms with Gasteiger partial charge in [-0.1, -0.05) is 12.8 Å². The highest BCUT2D eigenvalue weighted by Crippen LogP contribution is 2.33. The summed E-state index contributed by atoms with van der Waals surface area (Å²) in [6, 6.07) is 4.31. The lowest BCUT2D eigenvalue weighted by Gasteiger charge is -2.24. The molecule has 114 valence electrons. The third kappa shape index (κ3) is 3.18. The molecule has 3 atom stereocenters. The van der Waals surface area contributed by atoms with Crippen molar-refractivity contribution < 1.29 is 4.79 Å². The molecule has 5 heteroatoms. The normalized spacial score (nSPS) is 28.0. The monoisotopic (exact) mass is 288 g/mol. The number of nitrogens with zero attached hydrogens (tertiary/aromatic N) is 2. The Morgan fingerprint density at radius 2 is 2.14 bits per heavy atom. The highest BCUT2D eigenvalue weighted by Gasteiger charge is 2.38. The maximum Gasteiger partial charge on any atom is 0.241 e. The standard InChI is InChI=1S/C16H24N4O/c1-20(2)15-8-7-12(10-17-15)18-16(21)14-9-11-5-3-4-6-13(11)19-14/h7-8,10-11,13-14,19H,3-6,9H2,1-2H3,(H,18,21). The Bertz CT molecular complexity index is 486. The number of carbonyl (C=O) groups excluding carboxylic acids is 1. The van der Waals surface area contributed by atoms with Gasteiger partial charge in [0.15, 0.2) is 0 Å². The number of carbonyl (C=O) groups is 1. The van der Waals surface area contributed by atoms with E-state index in [1.807, 2.05) is 31.1 Å². The van der Waals surface area contributed by atoms with E-state index in [1.54, 1.807) is 6.20 Å². The first-order valence-electron chi connectivity index (χ1n) is 7.84. The van der Waals surface area contributed by atoms with Crippen molar-refractivity contribution >= 4 is 17.4 Å². The van der Waals surface area contributed by atoms with Crippen LogP contribution in [0.25, 0.3) is 0 Å². The van der Waals surface area contributed by atoms with Gasteiger partial charge in [0, 0.05) is 20.1 Å². The summed E-state index contributed by atoms with van der Waals surface area (Å²) in [5.41, 5.74) is 0.766. The van der Waals surface area contributed by atoms with E-state index in [1.165, 1.54) is 25.7 Å². The van der Waals surface area contributed by atoms with Gasteiger partial charge in [0.05, 0.1) is 17.9 Å². The quantitative estimate of drug-likeness (QED) is 0.893. The molecule has 1 aromatic heterocycles. The molecule has 3 rings (SSSR count).